The second kappa shape index (κ2) is 10.5. The largest absolute Gasteiger partial charge is 3.00 e. The molecule has 134 valence electrons. The first-order valence-electron chi connectivity index (χ1n) is 8.70. The number of benzene rings is 2. The van der Waals surface area contributed by atoms with Gasteiger partial charge in [0.2, 0.25) is 0 Å². The Labute approximate surface area is 174 Å². The van der Waals surface area contributed by atoms with E-state index in [0.29, 0.717) is 0 Å². The fourth-order valence-corrected chi connectivity index (χ4v) is 2.81. The van der Waals surface area contributed by atoms with Gasteiger partial charge in [0, 0.05) is 34.9 Å². The Bertz CT molecular complexity index is 873. The quantitative estimate of drug-likeness (QED) is 0.313. The van der Waals surface area contributed by atoms with E-state index in [2.05, 4.69) is 46.4 Å². The molecule has 0 aliphatic heterocycles. The van der Waals surface area contributed by atoms with Gasteiger partial charge in [-0.25, -0.2) is 0 Å². The summed E-state index contributed by atoms with van der Waals surface area (Å²) in [7, 11) is 0. The van der Waals surface area contributed by atoms with Crippen molar-refractivity contribution in [2.24, 2.45) is 0 Å². The van der Waals surface area contributed by atoms with Crippen LogP contribution < -0.4 is 0 Å². The molecule has 0 saturated heterocycles. The number of nitrogens with zero attached hydrogens (tertiary/aromatic N) is 2. The van der Waals surface area contributed by atoms with Crippen molar-refractivity contribution in [2.75, 3.05) is 0 Å². The van der Waals surface area contributed by atoms with Gasteiger partial charge >= 0.3 is 20.1 Å². The van der Waals surface area contributed by atoms with Gasteiger partial charge in [0.15, 0.2) is 0 Å². The van der Waals surface area contributed by atoms with E-state index in [1.54, 1.807) is 0 Å². The summed E-state index contributed by atoms with van der Waals surface area (Å²) < 4.78 is 0. The Morgan fingerprint density at radius 3 is 1.19 bits per heavy atom. The van der Waals surface area contributed by atoms with Crippen LogP contribution in [0.4, 0.5) is 0 Å². The predicted octanol–water partition coefficient (Wildman–Crippen LogP) is 6.11. The molecule has 2 aromatic heterocycles. The van der Waals surface area contributed by atoms with E-state index in [9.17, 15) is 0 Å². The number of hydrogen-bond donors (Lipinski definition) is 0. The normalized spacial score (nSPS) is 9.56. The number of aryl methyl sites for hydroxylation is 2. The Balaban J connectivity index is 0.000000187. The first-order chi connectivity index (χ1) is 12.8. The molecule has 0 saturated carbocycles. The van der Waals surface area contributed by atoms with Crippen LogP contribution >= 0.6 is 0 Å². The van der Waals surface area contributed by atoms with E-state index >= 15 is 0 Å². The van der Waals surface area contributed by atoms with Crippen molar-refractivity contribution in [3.63, 3.8) is 0 Å². The minimum Gasteiger partial charge on any atom is -0.261 e. The van der Waals surface area contributed by atoms with Crippen LogP contribution in [0.25, 0.3) is 22.3 Å². The Kier molecular flexibility index (Phi) is 8.06. The van der Waals surface area contributed by atoms with Crippen LogP contribution in [0.5, 0.6) is 0 Å². The molecule has 2 aromatic carbocycles. The SMILES string of the molecule is Cc1ncccc1-c1ccccc1.Cc1ncccc1-c1ccccc1.[Ir+3]. The van der Waals surface area contributed by atoms with Crippen molar-refractivity contribution in [2.45, 2.75) is 13.8 Å². The van der Waals surface area contributed by atoms with E-state index in [1.807, 2.05) is 74.8 Å². The molecular formula is C24H22IrN2+3. The minimum absolute atomic E-state index is 0. The van der Waals surface area contributed by atoms with Crippen LogP contribution in [0.1, 0.15) is 11.4 Å². The summed E-state index contributed by atoms with van der Waals surface area (Å²) in [5, 5.41) is 0. The van der Waals surface area contributed by atoms with Crippen molar-refractivity contribution in [3.05, 3.63) is 109 Å². The molecule has 0 N–H and O–H groups in total. The second-order valence-electron chi connectivity index (χ2n) is 6.00. The smallest absolute Gasteiger partial charge is 0.261 e. The number of aromatic nitrogens is 2. The van der Waals surface area contributed by atoms with Crippen molar-refractivity contribution in [1.82, 2.24) is 9.97 Å². The second-order valence-corrected chi connectivity index (χ2v) is 6.00. The number of hydrogen-bond acceptors (Lipinski definition) is 2. The molecular weight excluding hydrogens is 508 g/mol. The summed E-state index contributed by atoms with van der Waals surface area (Å²) in [5.41, 5.74) is 7.04. The van der Waals surface area contributed by atoms with Crippen molar-refractivity contribution < 1.29 is 20.1 Å². The molecule has 27 heavy (non-hydrogen) atoms. The van der Waals surface area contributed by atoms with Gasteiger partial charge < -0.3 is 0 Å². The predicted molar refractivity (Wildman–Crippen MR) is 109 cm³/mol. The average Bonchev–Trinajstić information content (AvgIpc) is 2.71. The molecule has 0 atom stereocenters. The molecule has 0 unspecified atom stereocenters. The summed E-state index contributed by atoms with van der Waals surface area (Å²) in [5.74, 6) is 0. The van der Waals surface area contributed by atoms with Gasteiger partial charge in [-0.3, -0.25) is 9.97 Å². The maximum absolute atomic E-state index is 4.26. The average molecular weight is 531 g/mol. The van der Waals surface area contributed by atoms with Gasteiger partial charge in [-0.05, 0) is 37.1 Å². The van der Waals surface area contributed by atoms with Crippen LogP contribution in [-0.2, 0) is 20.1 Å². The maximum atomic E-state index is 4.26. The fraction of sp³-hybridized carbons (Fsp3) is 0.0833. The molecule has 2 heterocycles. The zero-order chi connectivity index (χ0) is 18.2. The molecule has 0 spiro atoms. The van der Waals surface area contributed by atoms with E-state index in [4.69, 9.17) is 0 Å². The molecule has 0 aliphatic carbocycles. The topological polar surface area (TPSA) is 25.8 Å². The molecule has 0 amide bonds. The standard InChI is InChI=1S/2C12H11N.Ir/c2*1-10-12(8-5-9-13-10)11-6-3-2-4-7-11;/h2*2-9H,1H3;/q;;+3. The van der Waals surface area contributed by atoms with Crippen molar-refractivity contribution in [3.8, 4) is 22.3 Å². The van der Waals surface area contributed by atoms with Gasteiger partial charge in [0.05, 0.1) is 0 Å². The maximum Gasteiger partial charge on any atom is 3.00 e. The zero-order valence-corrected chi connectivity index (χ0v) is 17.9. The summed E-state index contributed by atoms with van der Waals surface area (Å²) in [4.78, 5) is 8.51. The van der Waals surface area contributed by atoms with Gasteiger partial charge in [-0.15, -0.1) is 0 Å². The van der Waals surface area contributed by atoms with E-state index in [-0.39, 0.29) is 20.1 Å². The van der Waals surface area contributed by atoms with E-state index < -0.39 is 0 Å². The van der Waals surface area contributed by atoms with Crippen molar-refractivity contribution >= 4 is 0 Å². The molecule has 2 nitrogen and oxygen atoms in total. The molecule has 0 radical (unpaired) electrons. The third-order valence-electron chi connectivity index (χ3n) is 4.18. The third kappa shape index (κ3) is 5.68. The molecule has 4 rings (SSSR count). The first kappa shape index (κ1) is 20.7. The third-order valence-corrected chi connectivity index (χ3v) is 4.18. The van der Waals surface area contributed by atoms with Crippen LogP contribution in [0.3, 0.4) is 0 Å². The van der Waals surface area contributed by atoms with Crippen molar-refractivity contribution in [1.29, 1.82) is 0 Å². The molecule has 3 heteroatoms. The number of rotatable bonds is 2. The van der Waals surface area contributed by atoms with E-state index in [1.165, 1.54) is 22.3 Å². The van der Waals surface area contributed by atoms with Gasteiger partial charge in [0.25, 0.3) is 0 Å². The summed E-state index contributed by atoms with van der Waals surface area (Å²) >= 11 is 0. The van der Waals surface area contributed by atoms with Crippen LogP contribution in [-0.4, -0.2) is 9.97 Å². The van der Waals surface area contributed by atoms with Crippen LogP contribution in [0, 0.1) is 13.8 Å². The van der Waals surface area contributed by atoms with Crippen LogP contribution in [0.2, 0.25) is 0 Å². The first-order valence-corrected chi connectivity index (χ1v) is 8.70. The van der Waals surface area contributed by atoms with Gasteiger partial charge in [-0.1, -0.05) is 72.8 Å². The minimum atomic E-state index is 0. The monoisotopic (exact) mass is 531 g/mol. The summed E-state index contributed by atoms with van der Waals surface area (Å²) in [6.07, 6.45) is 3.64. The Morgan fingerprint density at radius 2 is 0.852 bits per heavy atom. The fourth-order valence-electron chi connectivity index (χ4n) is 2.81. The zero-order valence-electron chi connectivity index (χ0n) is 15.5. The Morgan fingerprint density at radius 1 is 0.481 bits per heavy atom. The summed E-state index contributed by atoms with van der Waals surface area (Å²) in [6, 6.07) is 28.7. The molecule has 0 bridgehead atoms. The molecule has 4 aromatic rings. The number of pyridine rings is 2. The Hall–Kier alpha value is -2.61. The molecule has 0 aliphatic rings. The van der Waals surface area contributed by atoms with Gasteiger partial charge in [-0.2, -0.15) is 0 Å². The van der Waals surface area contributed by atoms with Gasteiger partial charge in [0.1, 0.15) is 0 Å². The van der Waals surface area contributed by atoms with Crippen LogP contribution in [0.15, 0.2) is 97.3 Å². The molecule has 0 fully saturated rings. The van der Waals surface area contributed by atoms with E-state index in [0.717, 1.165) is 11.4 Å². The summed E-state index contributed by atoms with van der Waals surface area (Å²) in [6.45, 7) is 4.06.